The lowest BCUT2D eigenvalue weighted by Crippen LogP contribution is -2.31. The van der Waals surface area contributed by atoms with Crippen molar-refractivity contribution in [3.05, 3.63) is 34.8 Å². The fourth-order valence-corrected chi connectivity index (χ4v) is 4.27. The summed E-state index contributed by atoms with van der Waals surface area (Å²) in [6.07, 6.45) is 2.98. The number of aromatic nitrogens is 3. The number of aryl methyl sites for hydroxylation is 2. The number of hydrogen-bond acceptors (Lipinski definition) is 4. The molecule has 2 heterocycles. The zero-order valence-electron chi connectivity index (χ0n) is 11.4. The molecule has 6 nitrogen and oxygen atoms in total. The van der Waals surface area contributed by atoms with Crippen LogP contribution in [-0.4, -0.2) is 29.7 Å². The van der Waals surface area contributed by atoms with E-state index in [1.54, 1.807) is 39.2 Å². The smallest absolute Gasteiger partial charge is 0.265 e. The van der Waals surface area contributed by atoms with E-state index in [4.69, 9.17) is 0 Å². The molecule has 0 saturated carbocycles. The van der Waals surface area contributed by atoms with Crippen molar-refractivity contribution in [2.24, 2.45) is 7.05 Å². The molecule has 0 bridgehead atoms. The van der Waals surface area contributed by atoms with Crippen LogP contribution in [0.2, 0.25) is 0 Å². The molecular weight excluding hydrogens is 344 g/mol. The molecule has 20 heavy (non-hydrogen) atoms. The lowest BCUT2D eigenvalue weighted by Gasteiger charge is -2.23. The molecule has 0 saturated heterocycles. The first-order valence-corrected chi connectivity index (χ1v) is 8.24. The van der Waals surface area contributed by atoms with Crippen molar-refractivity contribution in [1.29, 1.82) is 0 Å². The number of halogens is 1. The molecule has 0 aliphatic carbocycles. The molecule has 0 amide bonds. The third-order valence-corrected chi connectivity index (χ3v) is 6.03. The lowest BCUT2D eigenvalue weighted by atomic mass is 10.3. The maximum absolute atomic E-state index is 12.8. The van der Waals surface area contributed by atoms with Crippen LogP contribution in [0.3, 0.4) is 0 Å². The van der Waals surface area contributed by atoms with E-state index in [9.17, 15) is 8.42 Å². The summed E-state index contributed by atoms with van der Waals surface area (Å²) >= 11 is 3.25. The standard InChI is InChI=1S/C12H15BrN4O2S/c1-4-17(10-6-5-7-14-9(10)2)20(18,19)11-8-15-16(3)12(11)13/h5-8H,4H2,1-3H3. The average Bonchev–Trinajstić information content (AvgIpc) is 2.73. The van der Waals surface area contributed by atoms with E-state index in [0.29, 0.717) is 22.5 Å². The van der Waals surface area contributed by atoms with Crippen molar-refractivity contribution in [2.75, 3.05) is 10.8 Å². The summed E-state index contributed by atoms with van der Waals surface area (Å²) in [5.74, 6) is 0. The SMILES string of the molecule is CCN(c1cccnc1C)S(=O)(=O)c1cnn(C)c1Br. The van der Waals surface area contributed by atoms with Gasteiger partial charge < -0.3 is 0 Å². The zero-order chi connectivity index (χ0) is 14.9. The normalized spacial score (nSPS) is 11.6. The molecule has 0 aliphatic heterocycles. The van der Waals surface area contributed by atoms with Crippen molar-refractivity contribution < 1.29 is 8.42 Å². The Kier molecular flexibility index (Phi) is 4.14. The average molecular weight is 359 g/mol. The molecule has 0 fully saturated rings. The quantitative estimate of drug-likeness (QED) is 0.839. The largest absolute Gasteiger partial charge is 0.268 e. The van der Waals surface area contributed by atoms with Gasteiger partial charge in [0.1, 0.15) is 9.50 Å². The minimum atomic E-state index is -3.67. The van der Waals surface area contributed by atoms with E-state index >= 15 is 0 Å². The molecule has 2 aromatic heterocycles. The zero-order valence-corrected chi connectivity index (χ0v) is 13.8. The lowest BCUT2D eigenvalue weighted by molar-refractivity contribution is 0.590. The Morgan fingerprint density at radius 3 is 2.65 bits per heavy atom. The van der Waals surface area contributed by atoms with Crippen molar-refractivity contribution in [1.82, 2.24) is 14.8 Å². The third kappa shape index (κ3) is 2.45. The van der Waals surface area contributed by atoms with Crippen LogP contribution >= 0.6 is 15.9 Å². The van der Waals surface area contributed by atoms with Gasteiger partial charge in [0, 0.05) is 19.8 Å². The molecule has 0 aliphatic rings. The van der Waals surface area contributed by atoms with Crippen molar-refractivity contribution in [3.63, 3.8) is 0 Å². The van der Waals surface area contributed by atoms with Crippen LogP contribution in [0.25, 0.3) is 0 Å². The monoisotopic (exact) mass is 358 g/mol. The Morgan fingerprint density at radius 2 is 2.15 bits per heavy atom. The first kappa shape index (κ1) is 15.0. The number of pyridine rings is 1. The number of hydrogen-bond donors (Lipinski definition) is 0. The van der Waals surface area contributed by atoms with Gasteiger partial charge in [0.25, 0.3) is 10.0 Å². The molecule has 0 atom stereocenters. The Labute approximate surface area is 126 Å². The summed E-state index contributed by atoms with van der Waals surface area (Å²) in [6, 6.07) is 3.46. The fourth-order valence-electron chi connectivity index (χ4n) is 1.90. The van der Waals surface area contributed by atoms with E-state index in [2.05, 4.69) is 26.0 Å². The summed E-state index contributed by atoms with van der Waals surface area (Å²) in [5.41, 5.74) is 1.24. The second-order valence-electron chi connectivity index (χ2n) is 4.20. The third-order valence-electron chi connectivity index (χ3n) is 2.94. The summed E-state index contributed by atoms with van der Waals surface area (Å²) < 4.78 is 28.8. The van der Waals surface area contributed by atoms with Crippen LogP contribution in [-0.2, 0) is 17.1 Å². The van der Waals surface area contributed by atoms with Gasteiger partial charge in [-0.3, -0.25) is 14.0 Å². The number of rotatable bonds is 4. The Balaban J connectivity index is 2.57. The number of anilines is 1. The summed E-state index contributed by atoms with van der Waals surface area (Å²) in [4.78, 5) is 4.29. The van der Waals surface area contributed by atoms with Crippen LogP contribution < -0.4 is 4.31 Å². The molecule has 108 valence electrons. The van der Waals surface area contributed by atoms with Crippen LogP contribution in [0.1, 0.15) is 12.6 Å². The minimum Gasteiger partial charge on any atom is -0.265 e. The maximum atomic E-state index is 12.8. The van der Waals surface area contributed by atoms with Crippen LogP contribution in [0, 0.1) is 6.92 Å². The molecule has 8 heteroatoms. The van der Waals surface area contributed by atoms with Crippen LogP contribution in [0.4, 0.5) is 5.69 Å². The Morgan fingerprint density at radius 1 is 1.45 bits per heavy atom. The van der Waals surface area contributed by atoms with E-state index in [0.717, 1.165) is 0 Å². The van der Waals surface area contributed by atoms with E-state index in [1.807, 2.05) is 0 Å². The van der Waals surface area contributed by atoms with Gasteiger partial charge in [-0.2, -0.15) is 5.10 Å². The molecular formula is C12H15BrN4O2S. The Bertz CT molecular complexity index is 727. The topological polar surface area (TPSA) is 68.1 Å². The van der Waals surface area contributed by atoms with Crippen molar-refractivity contribution >= 4 is 31.6 Å². The van der Waals surface area contributed by atoms with Crippen molar-refractivity contribution in [2.45, 2.75) is 18.7 Å². The molecule has 0 radical (unpaired) electrons. The van der Waals surface area contributed by atoms with E-state index in [-0.39, 0.29) is 4.90 Å². The summed E-state index contributed by atoms with van der Waals surface area (Å²) in [6.45, 7) is 3.89. The second kappa shape index (κ2) is 5.53. The van der Waals surface area contributed by atoms with Gasteiger partial charge >= 0.3 is 0 Å². The van der Waals surface area contributed by atoms with E-state index < -0.39 is 10.0 Å². The predicted molar refractivity (Wildman–Crippen MR) is 80.1 cm³/mol. The number of nitrogens with zero attached hydrogens (tertiary/aromatic N) is 4. The fraction of sp³-hybridized carbons (Fsp3) is 0.333. The molecule has 0 unspecified atom stereocenters. The first-order valence-electron chi connectivity index (χ1n) is 6.01. The Hall–Kier alpha value is -1.41. The summed E-state index contributed by atoms with van der Waals surface area (Å²) in [7, 11) is -2.00. The number of sulfonamides is 1. The van der Waals surface area contributed by atoms with Crippen LogP contribution in [0.15, 0.2) is 34.0 Å². The molecule has 0 N–H and O–H groups in total. The van der Waals surface area contributed by atoms with Gasteiger partial charge in [-0.15, -0.1) is 0 Å². The summed E-state index contributed by atoms with van der Waals surface area (Å²) in [5, 5.41) is 3.96. The first-order chi connectivity index (χ1) is 9.39. The van der Waals surface area contributed by atoms with Gasteiger partial charge in [-0.1, -0.05) is 0 Å². The molecule has 0 aromatic carbocycles. The maximum Gasteiger partial charge on any atom is 0.268 e. The van der Waals surface area contributed by atoms with Crippen molar-refractivity contribution in [3.8, 4) is 0 Å². The van der Waals surface area contributed by atoms with Gasteiger partial charge in [-0.05, 0) is 41.9 Å². The van der Waals surface area contributed by atoms with Crippen LogP contribution in [0.5, 0.6) is 0 Å². The van der Waals surface area contributed by atoms with Gasteiger partial charge in [0.2, 0.25) is 0 Å². The minimum absolute atomic E-state index is 0.144. The highest BCUT2D eigenvalue weighted by molar-refractivity contribution is 9.10. The highest BCUT2D eigenvalue weighted by Gasteiger charge is 2.29. The highest BCUT2D eigenvalue weighted by Crippen LogP contribution is 2.29. The predicted octanol–water partition coefficient (Wildman–Crippen LogP) is 2.10. The van der Waals surface area contributed by atoms with Gasteiger partial charge in [0.05, 0.1) is 17.6 Å². The highest BCUT2D eigenvalue weighted by atomic mass is 79.9. The van der Waals surface area contributed by atoms with Gasteiger partial charge in [0.15, 0.2) is 0 Å². The molecule has 2 rings (SSSR count). The van der Waals surface area contributed by atoms with Gasteiger partial charge in [-0.25, -0.2) is 8.42 Å². The molecule has 2 aromatic rings. The van der Waals surface area contributed by atoms with E-state index in [1.165, 1.54) is 15.2 Å². The second-order valence-corrected chi connectivity index (χ2v) is 6.78. The molecule has 0 spiro atoms.